The number of H-pyrrole nitrogens is 2. The van der Waals surface area contributed by atoms with Crippen LogP contribution in [0.15, 0.2) is 53.7 Å². The van der Waals surface area contributed by atoms with Crippen molar-refractivity contribution in [1.82, 2.24) is 10.2 Å². The lowest BCUT2D eigenvalue weighted by Gasteiger charge is -2.05. The Morgan fingerprint density at radius 2 is 1.95 bits per heavy atom. The summed E-state index contributed by atoms with van der Waals surface area (Å²) in [7, 11) is 0. The lowest BCUT2D eigenvalue weighted by atomic mass is 9.99. The molecule has 2 N–H and O–H groups in total. The summed E-state index contributed by atoms with van der Waals surface area (Å²) in [6.07, 6.45) is 8.49. The molecule has 2 heterocycles. The van der Waals surface area contributed by atoms with Crippen LogP contribution in [-0.4, -0.2) is 16.4 Å². The van der Waals surface area contributed by atoms with E-state index in [-0.39, 0.29) is 0 Å². The monoisotopic (exact) mass is 267 g/mol. The second kappa shape index (κ2) is 5.20. The predicted octanol–water partition coefficient (Wildman–Crippen LogP) is 4.11. The number of hydrogen-bond acceptors (Lipinski definition) is 2. The highest BCUT2D eigenvalue weighted by Crippen LogP contribution is 2.30. The summed E-state index contributed by atoms with van der Waals surface area (Å²) in [5.41, 5.74) is 4.37. The number of allylic oxidation sites excluding steroid dienone is 3. The third-order valence-corrected chi connectivity index (χ3v) is 3.36. The topological polar surface area (TPSA) is 43.9 Å². The molecule has 94 valence electrons. The number of nitrogens with zero attached hydrogens (tertiary/aromatic N) is 1. The SMILES string of the molecule is S=c1[nH][nH]c(-c2ccccc2)c1C1=CC=NC=CC1. The molecule has 0 bridgehead atoms. The van der Waals surface area contributed by atoms with E-state index in [1.807, 2.05) is 36.6 Å². The minimum Gasteiger partial charge on any atom is -0.299 e. The fourth-order valence-corrected chi connectivity index (χ4v) is 2.45. The molecule has 0 saturated carbocycles. The van der Waals surface area contributed by atoms with Crippen molar-refractivity contribution in [3.05, 3.63) is 58.9 Å². The molecule has 3 rings (SSSR count). The molecule has 2 aromatic rings. The van der Waals surface area contributed by atoms with Crippen molar-refractivity contribution < 1.29 is 0 Å². The van der Waals surface area contributed by atoms with E-state index >= 15 is 0 Å². The van der Waals surface area contributed by atoms with E-state index in [1.165, 1.54) is 5.57 Å². The highest BCUT2D eigenvalue weighted by atomic mass is 32.1. The molecule has 1 aliphatic heterocycles. The third kappa shape index (κ3) is 2.35. The number of aliphatic imine (C=N–C) groups is 1. The maximum absolute atomic E-state index is 5.40. The van der Waals surface area contributed by atoms with Crippen LogP contribution in [0.1, 0.15) is 12.0 Å². The molecule has 0 unspecified atom stereocenters. The van der Waals surface area contributed by atoms with Gasteiger partial charge in [0.1, 0.15) is 4.64 Å². The van der Waals surface area contributed by atoms with Crippen LogP contribution in [0, 0.1) is 4.64 Å². The maximum atomic E-state index is 5.40. The Morgan fingerprint density at radius 3 is 2.79 bits per heavy atom. The molecule has 0 amide bonds. The molecule has 0 saturated heterocycles. The minimum absolute atomic E-state index is 0.730. The molecule has 0 spiro atoms. The maximum Gasteiger partial charge on any atom is 0.127 e. The Balaban J connectivity index is 2.15. The summed E-state index contributed by atoms with van der Waals surface area (Å²) in [4.78, 5) is 4.13. The predicted molar refractivity (Wildman–Crippen MR) is 81.6 cm³/mol. The molecule has 0 radical (unpaired) electrons. The lowest BCUT2D eigenvalue weighted by Crippen LogP contribution is -1.87. The molecule has 4 heteroatoms. The second-order valence-corrected chi connectivity index (χ2v) is 4.68. The number of hydrogen-bond donors (Lipinski definition) is 2. The van der Waals surface area contributed by atoms with Crippen molar-refractivity contribution in [2.75, 3.05) is 0 Å². The van der Waals surface area contributed by atoms with Crippen LogP contribution in [0.25, 0.3) is 16.8 Å². The smallest absolute Gasteiger partial charge is 0.127 e. The van der Waals surface area contributed by atoms with E-state index in [0.717, 1.165) is 27.9 Å². The van der Waals surface area contributed by atoms with E-state index in [2.05, 4.69) is 27.3 Å². The zero-order valence-electron chi connectivity index (χ0n) is 10.3. The largest absolute Gasteiger partial charge is 0.299 e. The zero-order valence-corrected chi connectivity index (χ0v) is 11.1. The van der Waals surface area contributed by atoms with Gasteiger partial charge < -0.3 is 0 Å². The van der Waals surface area contributed by atoms with Crippen LogP contribution in [0.2, 0.25) is 0 Å². The van der Waals surface area contributed by atoms with Gasteiger partial charge in [0.05, 0.1) is 5.69 Å². The van der Waals surface area contributed by atoms with Crippen LogP contribution < -0.4 is 0 Å². The number of aromatic amines is 2. The molecule has 1 aromatic heterocycles. The van der Waals surface area contributed by atoms with E-state index in [1.54, 1.807) is 6.21 Å². The van der Waals surface area contributed by atoms with Gasteiger partial charge in [-0.3, -0.25) is 15.2 Å². The first-order valence-corrected chi connectivity index (χ1v) is 6.51. The van der Waals surface area contributed by atoms with Crippen molar-refractivity contribution >= 4 is 24.0 Å². The van der Waals surface area contributed by atoms with Gasteiger partial charge in [-0.1, -0.05) is 48.6 Å². The Kier molecular flexibility index (Phi) is 3.25. The molecule has 0 atom stereocenters. The van der Waals surface area contributed by atoms with E-state index in [4.69, 9.17) is 12.2 Å². The van der Waals surface area contributed by atoms with Gasteiger partial charge in [0, 0.05) is 23.5 Å². The normalized spacial score (nSPS) is 14.2. The number of benzene rings is 1. The lowest BCUT2D eigenvalue weighted by molar-refractivity contribution is 1.08. The van der Waals surface area contributed by atoms with Gasteiger partial charge >= 0.3 is 0 Å². The molecule has 3 nitrogen and oxygen atoms in total. The summed E-state index contributed by atoms with van der Waals surface area (Å²) in [6.45, 7) is 0. The number of nitrogens with one attached hydrogen (secondary N) is 2. The van der Waals surface area contributed by atoms with Crippen LogP contribution in [-0.2, 0) is 0 Å². The number of rotatable bonds is 2. The van der Waals surface area contributed by atoms with Crippen LogP contribution in [0.3, 0.4) is 0 Å². The fourth-order valence-electron chi connectivity index (χ4n) is 2.16. The molecular weight excluding hydrogens is 254 g/mol. The summed E-state index contributed by atoms with van der Waals surface area (Å²) in [5, 5.41) is 6.20. The fraction of sp³-hybridized carbons (Fsp3) is 0.0667. The molecule has 0 fully saturated rings. The van der Waals surface area contributed by atoms with Gasteiger partial charge in [0.15, 0.2) is 0 Å². The first-order valence-electron chi connectivity index (χ1n) is 6.10. The van der Waals surface area contributed by atoms with Gasteiger partial charge in [-0.25, -0.2) is 0 Å². The standard InChI is InChI=1S/C15H13N3S/c19-15-13(11-7-4-9-16-10-8-11)14(17-18-15)12-5-2-1-3-6-12/h1-6,8-10H,7H2,(H2,17,18,19). The van der Waals surface area contributed by atoms with Gasteiger partial charge in [0.25, 0.3) is 0 Å². The quantitative estimate of drug-likeness (QED) is 0.790. The highest BCUT2D eigenvalue weighted by Gasteiger charge is 2.13. The van der Waals surface area contributed by atoms with E-state index in [0.29, 0.717) is 0 Å². The van der Waals surface area contributed by atoms with E-state index < -0.39 is 0 Å². The average molecular weight is 267 g/mol. The first kappa shape index (κ1) is 11.9. The first-order chi connectivity index (χ1) is 9.36. The van der Waals surface area contributed by atoms with Gasteiger partial charge in [-0.05, 0) is 18.1 Å². The van der Waals surface area contributed by atoms with Gasteiger partial charge in [0.2, 0.25) is 0 Å². The molecule has 0 aliphatic carbocycles. The Bertz CT molecular complexity index is 717. The van der Waals surface area contributed by atoms with Crippen molar-refractivity contribution in [2.45, 2.75) is 6.42 Å². The van der Waals surface area contributed by atoms with Crippen molar-refractivity contribution in [1.29, 1.82) is 0 Å². The van der Waals surface area contributed by atoms with Crippen molar-refractivity contribution in [3.63, 3.8) is 0 Å². The van der Waals surface area contributed by atoms with Gasteiger partial charge in [-0.15, -0.1) is 0 Å². The minimum atomic E-state index is 0.730. The van der Waals surface area contributed by atoms with Crippen molar-refractivity contribution in [3.8, 4) is 11.3 Å². The summed E-state index contributed by atoms with van der Waals surface area (Å²) in [5.74, 6) is 0. The Morgan fingerprint density at radius 1 is 1.11 bits per heavy atom. The van der Waals surface area contributed by atoms with Crippen LogP contribution in [0.4, 0.5) is 0 Å². The zero-order chi connectivity index (χ0) is 13.1. The summed E-state index contributed by atoms with van der Waals surface area (Å²) in [6, 6.07) is 10.2. The van der Waals surface area contributed by atoms with Crippen LogP contribution in [0.5, 0.6) is 0 Å². The van der Waals surface area contributed by atoms with Gasteiger partial charge in [-0.2, -0.15) is 0 Å². The Hall–Kier alpha value is -2.20. The molecule has 19 heavy (non-hydrogen) atoms. The second-order valence-electron chi connectivity index (χ2n) is 4.27. The summed E-state index contributed by atoms with van der Waals surface area (Å²) >= 11 is 5.40. The van der Waals surface area contributed by atoms with Crippen molar-refractivity contribution in [2.24, 2.45) is 4.99 Å². The van der Waals surface area contributed by atoms with Crippen LogP contribution >= 0.6 is 12.2 Å². The number of aromatic nitrogens is 2. The third-order valence-electron chi connectivity index (χ3n) is 3.05. The Labute approximate surface area is 116 Å². The summed E-state index contributed by atoms with van der Waals surface area (Å²) < 4.78 is 0.730. The highest BCUT2D eigenvalue weighted by molar-refractivity contribution is 7.71. The molecule has 1 aromatic carbocycles. The molecule has 1 aliphatic rings. The molecular formula is C15H13N3S. The van der Waals surface area contributed by atoms with E-state index in [9.17, 15) is 0 Å². The average Bonchev–Trinajstić information content (AvgIpc) is 2.66.